The fourth-order valence-corrected chi connectivity index (χ4v) is 2.17. The van der Waals surface area contributed by atoms with Crippen LogP contribution in [0.2, 0.25) is 0 Å². The maximum Gasteiger partial charge on any atom is 0.148 e. The zero-order valence-corrected chi connectivity index (χ0v) is 11.6. The van der Waals surface area contributed by atoms with Gasteiger partial charge in [-0.15, -0.1) is 0 Å². The summed E-state index contributed by atoms with van der Waals surface area (Å²) >= 11 is 0. The Morgan fingerprint density at radius 1 is 1.21 bits per heavy atom. The van der Waals surface area contributed by atoms with Crippen molar-refractivity contribution in [2.45, 2.75) is 6.54 Å². The van der Waals surface area contributed by atoms with Crippen LogP contribution >= 0.6 is 0 Å². The van der Waals surface area contributed by atoms with E-state index in [-0.39, 0.29) is 5.75 Å². The van der Waals surface area contributed by atoms with Crippen LogP contribution in [0.25, 0.3) is 5.69 Å². The third-order valence-corrected chi connectivity index (χ3v) is 3.57. The van der Waals surface area contributed by atoms with Crippen molar-refractivity contribution in [3.63, 3.8) is 0 Å². The average Bonchev–Trinajstić information content (AvgIpc) is 2.83. The highest BCUT2D eigenvalue weighted by molar-refractivity contribution is 7.90. The number of nitrogens with zero attached hydrogens (tertiary/aromatic N) is 2. The maximum absolute atomic E-state index is 11.0. The van der Waals surface area contributed by atoms with E-state index in [0.717, 1.165) is 11.4 Å². The number of benzene rings is 1. The first-order valence-corrected chi connectivity index (χ1v) is 8.09. The molecular weight excluding hydrogens is 262 g/mol. The predicted octanol–water partition coefficient (Wildman–Crippen LogP) is 1.01. The first-order chi connectivity index (χ1) is 9.04. The Hall–Kier alpha value is -1.66. The van der Waals surface area contributed by atoms with Crippen molar-refractivity contribution in [2.75, 3.05) is 18.6 Å². The smallest absolute Gasteiger partial charge is 0.148 e. The van der Waals surface area contributed by atoms with Gasteiger partial charge in [0, 0.05) is 25.5 Å². The molecule has 0 atom stereocenters. The molecular formula is C13H17N3O2S. The number of sulfone groups is 1. The molecule has 5 nitrogen and oxygen atoms in total. The zero-order valence-electron chi connectivity index (χ0n) is 10.8. The SMILES string of the molecule is CS(=O)(=O)CCNCc1ccn(-c2ccccc2)n1. The van der Waals surface area contributed by atoms with Crippen molar-refractivity contribution in [1.82, 2.24) is 15.1 Å². The second-order valence-electron chi connectivity index (χ2n) is 4.39. The molecule has 1 heterocycles. The molecule has 19 heavy (non-hydrogen) atoms. The lowest BCUT2D eigenvalue weighted by atomic mass is 10.3. The molecule has 0 aliphatic heterocycles. The van der Waals surface area contributed by atoms with Crippen molar-refractivity contribution in [3.8, 4) is 5.69 Å². The molecule has 0 bridgehead atoms. The molecule has 1 N–H and O–H groups in total. The summed E-state index contributed by atoms with van der Waals surface area (Å²) in [5, 5.41) is 7.49. The van der Waals surface area contributed by atoms with Gasteiger partial charge in [0.15, 0.2) is 0 Å². The average molecular weight is 279 g/mol. The quantitative estimate of drug-likeness (QED) is 0.801. The highest BCUT2D eigenvalue weighted by Crippen LogP contribution is 2.06. The van der Waals surface area contributed by atoms with E-state index in [1.807, 2.05) is 42.6 Å². The summed E-state index contributed by atoms with van der Waals surface area (Å²) in [6.07, 6.45) is 3.13. The van der Waals surface area contributed by atoms with E-state index in [0.29, 0.717) is 13.1 Å². The Kier molecular flexibility index (Phi) is 4.34. The minimum atomic E-state index is -2.90. The van der Waals surface area contributed by atoms with E-state index in [9.17, 15) is 8.42 Å². The topological polar surface area (TPSA) is 64.0 Å². The normalized spacial score (nSPS) is 11.6. The number of nitrogens with one attached hydrogen (secondary N) is 1. The standard InChI is InChI=1S/C13H17N3O2S/c1-19(17,18)10-8-14-11-12-7-9-16(15-12)13-5-3-2-4-6-13/h2-7,9,14H,8,10-11H2,1H3. The lowest BCUT2D eigenvalue weighted by molar-refractivity contribution is 0.595. The van der Waals surface area contributed by atoms with Crippen LogP contribution in [0.5, 0.6) is 0 Å². The fraction of sp³-hybridized carbons (Fsp3) is 0.308. The first kappa shape index (κ1) is 13.8. The van der Waals surface area contributed by atoms with Crippen LogP contribution < -0.4 is 5.32 Å². The number of para-hydroxylation sites is 1. The molecule has 0 saturated carbocycles. The number of aromatic nitrogens is 2. The van der Waals surface area contributed by atoms with Crippen LogP contribution in [0.3, 0.4) is 0 Å². The molecule has 0 aliphatic carbocycles. The molecule has 1 aromatic heterocycles. The van der Waals surface area contributed by atoms with Gasteiger partial charge in [-0.1, -0.05) is 18.2 Å². The Labute approximate surface area is 113 Å². The second kappa shape index (κ2) is 5.99. The van der Waals surface area contributed by atoms with Crippen molar-refractivity contribution in [2.24, 2.45) is 0 Å². The second-order valence-corrected chi connectivity index (χ2v) is 6.65. The molecule has 2 aromatic rings. The highest BCUT2D eigenvalue weighted by atomic mass is 32.2. The first-order valence-electron chi connectivity index (χ1n) is 6.03. The lowest BCUT2D eigenvalue weighted by Crippen LogP contribution is -2.22. The number of hydrogen-bond donors (Lipinski definition) is 1. The Morgan fingerprint density at radius 3 is 2.63 bits per heavy atom. The van der Waals surface area contributed by atoms with E-state index in [1.54, 1.807) is 4.68 Å². The third-order valence-electron chi connectivity index (χ3n) is 2.62. The van der Waals surface area contributed by atoms with E-state index in [1.165, 1.54) is 6.26 Å². The van der Waals surface area contributed by atoms with Crippen LogP contribution in [0.15, 0.2) is 42.6 Å². The molecule has 0 saturated heterocycles. The molecule has 0 radical (unpaired) electrons. The minimum Gasteiger partial charge on any atom is -0.310 e. The van der Waals surface area contributed by atoms with Gasteiger partial charge in [-0.2, -0.15) is 5.10 Å². The van der Waals surface area contributed by atoms with Crippen LogP contribution in [-0.2, 0) is 16.4 Å². The molecule has 0 amide bonds. The molecule has 0 unspecified atom stereocenters. The van der Waals surface area contributed by atoms with E-state index in [2.05, 4.69) is 10.4 Å². The van der Waals surface area contributed by atoms with Crippen LogP contribution in [0, 0.1) is 0 Å². The molecule has 1 aromatic carbocycles. The van der Waals surface area contributed by atoms with Crippen molar-refractivity contribution in [1.29, 1.82) is 0 Å². The molecule has 0 aliphatic rings. The van der Waals surface area contributed by atoms with E-state index < -0.39 is 9.84 Å². The summed E-state index contributed by atoms with van der Waals surface area (Å²) in [5.74, 6) is 0.145. The molecule has 102 valence electrons. The van der Waals surface area contributed by atoms with Crippen LogP contribution in [0.4, 0.5) is 0 Å². The van der Waals surface area contributed by atoms with Crippen molar-refractivity contribution < 1.29 is 8.42 Å². The summed E-state index contributed by atoms with van der Waals surface area (Å²) in [6.45, 7) is 1.01. The summed E-state index contributed by atoms with van der Waals surface area (Å²) < 4.78 is 23.7. The van der Waals surface area contributed by atoms with Gasteiger partial charge in [0.2, 0.25) is 0 Å². The summed E-state index contributed by atoms with van der Waals surface area (Å²) in [6, 6.07) is 11.8. The molecule has 2 rings (SSSR count). The van der Waals surface area contributed by atoms with Gasteiger partial charge < -0.3 is 5.32 Å². The van der Waals surface area contributed by atoms with Gasteiger partial charge in [0.25, 0.3) is 0 Å². The third kappa shape index (κ3) is 4.50. The van der Waals surface area contributed by atoms with Gasteiger partial charge in [-0.05, 0) is 18.2 Å². The monoisotopic (exact) mass is 279 g/mol. The maximum atomic E-state index is 11.0. The van der Waals surface area contributed by atoms with Gasteiger partial charge in [0.05, 0.1) is 17.1 Å². The van der Waals surface area contributed by atoms with Gasteiger partial charge in [-0.3, -0.25) is 0 Å². The largest absolute Gasteiger partial charge is 0.310 e. The summed E-state index contributed by atoms with van der Waals surface area (Å²) in [5.41, 5.74) is 1.89. The zero-order chi connectivity index (χ0) is 13.7. The molecule has 6 heteroatoms. The van der Waals surface area contributed by atoms with Crippen LogP contribution in [-0.4, -0.2) is 36.8 Å². The summed E-state index contributed by atoms with van der Waals surface area (Å²) in [7, 11) is -2.90. The van der Waals surface area contributed by atoms with E-state index >= 15 is 0 Å². The van der Waals surface area contributed by atoms with Gasteiger partial charge >= 0.3 is 0 Å². The summed E-state index contributed by atoms with van der Waals surface area (Å²) in [4.78, 5) is 0. The Bertz CT molecular complexity index is 620. The highest BCUT2D eigenvalue weighted by Gasteiger charge is 2.03. The van der Waals surface area contributed by atoms with Gasteiger partial charge in [0.1, 0.15) is 9.84 Å². The number of rotatable bonds is 6. The molecule has 0 fully saturated rings. The Morgan fingerprint density at radius 2 is 1.95 bits per heavy atom. The predicted molar refractivity (Wildman–Crippen MR) is 75.0 cm³/mol. The van der Waals surface area contributed by atoms with Crippen molar-refractivity contribution >= 4 is 9.84 Å². The Balaban J connectivity index is 1.88. The number of hydrogen-bond acceptors (Lipinski definition) is 4. The molecule has 0 spiro atoms. The minimum absolute atomic E-state index is 0.145. The van der Waals surface area contributed by atoms with Crippen LogP contribution in [0.1, 0.15) is 5.69 Å². The van der Waals surface area contributed by atoms with Gasteiger partial charge in [-0.25, -0.2) is 13.1 Å². The van der Waals surface area contributed by atoms with E-state index in [4.69, 9.17) is 0 Å². The lowest BCUT2D eigenvalue weighted by Gasteiger charge is -2.02. The van der Waals surface area contributed by atoms with Crippen molar-refractivity contribution in [3.05, 3.63) is 48.3 Å². The fourth-order valence-electron chi connectivity index (χ4n) is 1.65.